The summed E-state index contributed by atoms with van der Waals surface area (Å²) < 4.78 is 22.7. The van der Waals surface area contributed by atoms with E-state index in [1.165, 1.54) is 6.66 Å². The first-order valence-electron chi connectivity index (χ1n) is 6.20. The van der Waals surface area contributed by atoms with Crippen LogP contribution in [0.4, 0.5) is 0 Å². The average molecular weight is 320 g/mol. The second-order valence-corrected chi connectivity index (χ2v) is 7.30. The van der Waals surface area contributed by atoms with Gasteiger partial charge in [0.1, 0.15) is 11.8 Å². The van der Waals surface area contributed by atoms with E-state index in [2.05, 4.69) is 5.09 Å². The average Bonchev–Trinajstić information content (AvgIpc) is 2.30. The van der Waals surface area contributed by atoms with Crippen molar-refractivity contribution in [3.63, 3.8) is 0 Å². The number of benzene rings is 1. The number of nitrogens with one attached hydrogen (secondary N) is 1. The number of halogens is 1. The van der Waals surface area contributed by atoms with E-state index in [1.54, 1.807) is 45.0 Å². The van der Waals surface area contributed by atoms with Gasteiger partial charge >= 0.3 is 13.5 Å². The van der Waals surface area contributed by atoms with Gasteiger partial charge in [-0.2, -0.15) is 0 Å². The molecule has 7 heteroatoms. The molecule has 1 N–H and O–H groups in total. The molecule has 0 spiro atoms. The minimum atomic E-state index is -3.18. The molecule has 1 rings (SSSR count). The standard InChI is InChI=1S/C13H19ClNO4P/c1-9(2)18-13(16)10(3)15-20(4,17)19-12-7-5-11(14)6-8-12/h5-10H,1-4H3,(H,15,17)/t10-,20?/m0/s1. The number of rotatable bonds is 6. The Morgan fingerprint density at radius 3 is 2.30 bits per heavy atom. The summed E-state index contributed by atoms with van der Waals surface area (Å²) in [6.45, 7) is 6.48. The zero-order valence-corrected chi connectivity index (χ0v) is 13.6. The van der Waals surface area contributed by atoms with Gasteiger partial charge in [-0.1, -0.05) is 11.6 Å². The maximum atomic E-state index is 12.3. The SMILES string of the molecule is CC(C)OC(=O)[C@H](C)NP(C)(=O)Oc1ccc(Cl)cc1. The van der Waals surface area contributed by atoms with Gasteiger partial charge in [-0.25, -0.2) is 5.09 Å². The quantitative estimate of drug-likeness (QED) is 0.642. The van der Waals surface area contributed by atoms with Crippen LogP contribution in [0.25, 0.3) is 0 Å². The van der Waals surface area contributed by atoms with Crippen molar-refractivity contribution >= 4 is 25.1 Å². The number of hydrogen-bond donors (Lipinski definition) is 1. The zero-order valence-electron chi connectivity index (χ0n) is 11.9. The van der Waals surface area contributed by atoms with Crippen LogP contribution in [-0.2, 0) is 14.1 Å². The number of ether oxygens (including phenoxy) is 1. The van der Waals surface area contributed by atoms with Gasteiger partial charge in [-0.3, -0.25) is 9.36 Å². The Morgan fingerprint density at radius 2 is 1.80 bits per heavy atom. The topological polar surface area (TPSA) is 64.6 Å². The van der Waals surface area contributed by atoms with E-state index in [0.29, 0.717) is 10.8 Å². The van der Waals surface area contributed by atoms with E-state index in [4.69, 9.17) is 20.9 Å². The maximum Gasteiger partial charge on any atom is 0.323 e. The van der Waals surface area contributed by atoms with Gasteiger partial charge in [0.2, 0.25) is 0 Å². The van der Waals surface area contributed by atoms with Crippen LogP contribution in [0.3, 0.4) is 0 Å². The normalized spacial score (nSPS) is 15.5. The molecule has 1 aromatic carbocycles. The van der Waals surface area contributed by atoms with Crippen molar-refractivity contribution in [1.82, 2.24) is 5.09 Å². The molecule has 0 radical (unpaired) electrons. The van der Waals surface area contributed by atoms with E-state index >= 15 is 0 Å². The third-order valence-corrected chi connectivity index (χ3v) is 3.89. The van der Waals surface area contributed by atoms with Crippen LogP contribution >= 0.6 is 19.1 Å². The molecule has 0 aromatic heterocycles. The van der Waals surface area contributed by atoms with Crippen molar-refractivity contribution < 1.29 is 18.6 Å². The molecule has 0 aliphatic heterocycles. The largest absolute Gasteiger partial charge is 0.462 e. The fourth-order valence-corrected chi connectivity index (χ4v) is 2.97. The molecule has 0 saturated heterocycles. The Morgan fingerprint density at radius 1 is 1.25 bits per heavy atom. The molecule has 1 aromatic rings. The summed E-state index contributed by atoms with van der Waals surface area (Å²) >= 11 is 5.76. The predicted octanol–water partition coefficient (Wildman–Crippen LogP) is 3.47. The van der Waals surface area contributed by atoms with E-state index in [9.17, 15) is 9.36 Å². The molecular weight excluding hydrogens is 301 g/mol. The van der Waals surface area contributed by atoms with Crippen molar-refractivity contribution in [2.75, 3.05) is 6.66 Å². The highest BCUT2D eigenvalue weighted by Crippen LogP contribution is 2.39. The molecule has 1 unspecified atom stereocenters. The smallest absolute Gasteiger partial charge is 0.323 e. The van der Waals surface area contributed by atoms with Crippen LogP contribution in [0.5, 0.6) is 5.75 Å². The Hall–Kier alpha value is -1.03. The molecule has 20 heavy (non-hydrogen) atoms. The Balaban J connectivity index is 2.62. The molecule has 112 valence electrons. The molecule has 0 aliphatic rings. The van der Waals surface area contributed by atoms with Crippen LogP contribution in [0.2, 0.25) is 5.02 Å². The summed E-state index contributed by atoms with van der Waals surface area (Å²) in [5.41, 5.74) is 0. The summed E-state index contributed by atoms with van der Waals surface area (Å²) in [5.74, 6) is -0.0565. The van der Waals surface area contributed by atoms with E-state index in [-0.39, 0.29) is 6.10 Å². The number of esters is 1. The molecule has 0 fully saturated rings. The third-order valence-electron chi connectivity index (χ3n) is 2.23. The lowest BCUT2D eigenvalue weighted by molar-refractivity contribution is -0.149. The Bertz CT molecular complexity index is 504. The second-order valence-electron chi connectivity index (χ2n) is 4.73. The van der Waals surface area contributed by atoms with Gasteiger partial charge in [-0.05, 0) is 45.0 Å². The van der Waals surface area contributed by atoms with Crippen molar-refractivity contribution in [1.29, 1.82) is 0 Å². The van der Waals surface area contributed by atoms with Gasteiger partial charge < -0.3 is 9.26 Å². The van der Waals surface area contributed by atoms with Gasteiger partial charge in [0.05, 0.1) is 6.10 Å². The highest BCUT2D eigenvalue weighted by Gasteiger charge is 2.25. The van der Waals surface area contributed by atoms with Crippen LogP contribution in [-0.4, -0.2) is 24.8 Å². The molecule has 0 saturated carbocycles. The van der Waals surface area contributed by atoms with E-state index in [1.807, 2.05) is 0 Å². The molecule has 0 heterocycles. The number of hydrogen-bond acceptors (Lipinski definition) is 4. The van der Waals surface area contributed by atoms with Gasteiger partial charge in [0.25, 0.3) is 0 Å². The summed E-state index contributed by atoms with van der Waals surface area (Å²) in [7, 11) is -3.18. The molecule has 5 nitrogen and oxygen atoms in total. The van der Waals surface area contributed by atoms with Gasteiger partial charge in [-0.15, -0.1) is 0 Å². The predicted molar refractivity (Wildman–Crippen MR) is 79.4 cm³/mol. The lowest BCUT2D eigenvalue weighted by Crippen LogP contribution is -2.35. The first-order chi connectivity index (χ1) is 9.19. The van der Waals surface area contributed by atoms with Crippen molar-refractivity contribution in [2.24, 2.45) is 0 Å². The minimum Gasteiger partial charge on any atom is -0.462 e. The van der Waals surface area contributed by atoms with Crippen LogP contribution < -0.4 is 9.61 Å². The monoisotopic (exact) mass is 319 g/mol. The highest BCUT2D eigenvalue weighted by molar-refractivity contribution is 7.56. The first-order valence-corrected chi connectivity index (χ1v) is 8.65. The highest BCUT2D eigenvalue weighted by atomic mass is 35.5. The molecule has 0 amide bonds. The van der Waals surface area contributed by atoms with Crippen molar-refractivity contribution in [2.45, 2.75) is 32.9 Å². The Labute approximate surface area is 124 Å². The van der Waals surface area contributed by atoms with Crippen LogP contribution in [0.1, 0.15) is 20.8 Å². The fraction of sp³-hybridized carbons (Fsp3) is 0.462. The molecule has 0 bridgehead atoms. The Kier molecular flexibility index (Phi) is 6.06. The minimum absolute atomic E-state index is 0.222. The third kappa shape index (κ3) is 5.95. The van der Waals surface area contributed by atoms with Crippen LogP contribution in [0, 0.1) is 0 Å². The summed E-state index contributed by atoms with van der Waals surface area (Å²) in [6.07, 6.45) is -0.222. The lowest BCUT2D eigenvalue weighted by Gasteiger charge is -2.21. The van der Waals surface area contributed by atoms with Gasteiger partial charge in [0.15, 0.2) is 0 Å². The second kappa shape index (κ2) is 7.11. The van der Waals surface area contributed by atoms with Crippen molar-refractivity contribution in [3.05, 3.63) is 29.3 Å². The fourth-order valence-electron chi connectivity index (χ4n) is 1.46. The van der Waals surface area contributed by atoms with Crippen molar-refractivity contribution in [3.8, 4) is 5.75 Å². The summed E-state index contributed by atoms with van der Waals surface area (Å²) in [4.78, 5) is 11.6. The number of carbonyl (C=O) groups excluding carboxylic acids is 1. The zero-order chi connectivity index (χ0) is 15.3. The molecular formula is C13H19ClNO4P. The molecule has 0 aliphatic carbocycles. The van der Waals surface area contributed by atoms with E-state index < -0.39 is 19.5 Å². The van der Waals surface area contributed by atoms with Crippen LogP contribution in [0.15, 0.2) is 24.3 Å². The summed E-state index contributed by atoms with van der Waals surface area (Å²) in [6, 6.07) is 5.76. The lowest BCUT2D eigenvalue weighted by atomic mass is 10.3. The van der Waals surface area contributed by atoms with E-state index in [0.717, 1.165) is 0 Å². The summed E-state index contributed by atoms with van der Waals surface area (Å²) in [5, 5.41) is 3.21. The molecule has 2 atom stereocenters. The number of carbonyl (C=O) groups is 1. The van der Waals surface area contributed by atoms with Gasteiger partial charge in [0, 0.05) is 11.7 Å². The first kappa shape index (κ1) is 17.0. The maximum absolute atomic E-state index is 12.3.